The molecule has 0 aliphatic carbocycles. The number of nitriles is 2. The number of hydrogen-bond donors (Lipinski definition) is 1. The molecule has 106 valence electrons. The fourth-order valence-corrected chi connectivity index (χ4v) is 4.91. The maximum atomic E-state index is 12.2. The minimum absolute atomic E-state index is 0.0437. The number of anilines is 1. The van der Waals surface area contributed by atoms with Crippen LogP contribution in [0.4, 0.5) is 5.69 Å². The van der Waals surface area contributed by atoms with Crippen molar-refractivity contribution in [2.45, 2.75) is 4.21 Å². The SMILES string of the molecule is N#Cc1ccc(NS(=O)(=O)c2cc(Cl)c(Br)s2)cc1C#N. The molecule has 0 aliphatic rings. The average Bonchev–Trinajstić information content (AvgIpc) is 2.79. The van der Waals surface area contributed by atoms with Gasteiger partial charge in [0.1, 0.15) is 16.3 Å². The van der Waals surface area contributed by atoms with Crippen LogP contribution in [-0.2, 0) is 10.0 Å². The summed E-state index contributed by atoms with van der Waals surface area (Å²) in [6.45, 7) is 0. The van der Waals surface area contributed by atoms with Crippen LogP contribution in [0.25, 0.3) is 0 Å². The Morgan fingerprint density at radius 1 is 1.19 bits per heavy atom. The summed E-state index contributed by atoms with van der Waals surface area (Å²) in [5.41, 5.74) is 0.483. The van der Waals surface area contributed by atoms with Gasteiger partial charge in [-0.3, -0.25) is 4.72 Å². The van der Waals surface area contributed by atoms with Gasteiger partial charge in [0.25, 0.3) is 10.0 Å². The number of benzene rings is 1. The highest BCUT2D eigenvalue weighted by atomic mass is 79.9. The van der Waals surface area contributed by atoms with E-state index >= 15 is 0 Å². The van der Waals surface area contributed by atoms with Crippen LogP contribution in [0.1, 0.15) is 11.1 Å². The van der Waals surface area contributed by atoms with Gasteiger partial charge in [0.05, 0.1) is 25.6 Å². The first-order chi connectivity index (χ1) is 9.87. The van der Waals surface area contributed by atoms with Crippen molar-refractivity contribution in [2.24, 2.45) is 0 Å². The lowest BCUT2D eigenvalue weighted by Gasteiger charge is -2.06. The highest BCUT2D eigenvalue weighted by molar-refractivity contribution is 9.11. The van der Waals surface area contributed by atoms with E-state index in [0.29, 0.717) is 8.81 Å². The van der Waals surface area contributed by atoms with Gasteiger partial charge in [0, 0.05) is 0 Å². The van der Waals surface area contributed by atoms with Crippen LogP contribution in [0.3, 0.4) is 0 Å². The van der Waals surface area contributed by atoms with Gasteiger partial charge in [-0.25, -0.2) is 8.42 Å². The van der Waals surface area contributed by atoms with Crippen molar-refractivity contribution in [1.82, 2.24) is 0 Å². The summed E-state index contributed by atoms with van der Waals surface area (Å²) in [5.74, 6) is 0. The molecule has 0 saturated carbocycles. The molecule has 0 bridgehead atoms. The number of nitrogens with zero attached hydrogens (tertiary/aromatic N) is 2. The largest absolute Gasteiger partial charge is 0.279 e. The first kappa shape index (κ1) is 15.8. The third-order valence-corrected chi connectivity index (χ3v) is 6.73. The first-order valence-electron chi connectivity index (χ1n) is 5.29. The molecule has 0 spiro atoms. The van der Waals surface area contributed by atoms with Crippen molar-refractivity contribution in [2.75, 3.05) is 4.72 Å². The molecule has 0 radical (unpaired) electrons. The number of thiophene rings is 1. The third-order valence-electron chi connectivity index (χ3n) is 2.40. The van der Waals surface area contributed by atoms with E-state index in [2.05, 4.69) is 20.7 Å². The molecular weight excluding hydrogens is 398 g/mol. The van der Waals surface area contributed by atoms with Gasteiger partial charge in [-0.1, -0.05) is 11.6 Å². The van der Waals surface area contributed by atoms with Crippen LogP contribution in [0.5, 0.6) is 0 Å². The minimum Gasteiger partial charge on any atom is -0.279 e. The van der Waals surface area contributed by atoms with Crippen LogP contribution in [-0.4, -0.2) is 8.42 Å². The second kappa shape index (κ2) is 6.04. The van der Waals surface area contributed by atoms with Gasteiger partial charge in [-0.05, 0) is 40.2 Å². The molecule has 0 fully saturated rings. The van der Waals surface area contributed by atoms with Gasteiger partial charge in [0.15, 0.2) is 0 Å². The molecule has 5 nitrogen and oxygen atoms in total. The van der Waals surface area contributed by atoms with Gasteiger partial charge in [-0.2, -0.15) is 10.5 Å². The molecule has 1 aromatic heterocycles. The molecule has 2 rings (SSSR count). The van der Waals surface area contributed by atoms with Gasteiger partial charge in [0.2, 0.25) is 0 Å². The smallest absolute Gasteiger partial charge is 0.271 e. The quantitative estimate of drug-likeness (QED) is 0.847. The highest BCUT2D eigenvalue weighted by Gasteiger charge is 2.19. The third kappa shape index (κ3) is 3.36. The van der Waals surface area contributed by atoms with Crippen molar-refractivity contribution in [3.63, 3.8) is 0 Å². The summed E-state index contributed by atoms with van der Waals surface area (Å²) in [6, 6.07) is 9.13. The summed E-state index contributed by atoms with van der Waals surface area (Å²) in [6.07, 6.45) is 0. The zero-order chi connectivity index (χ0) is 15.6. The van der Waals surface area contributed by atoms with E-state index < -0.39 is 10.0 Å². The molecule has 1 heterocycles. The van der Waals surface area contributed by atoms with Gasteiger partial charge >= 0.3 is 0 Å². The zero-order valence-electron chi connectivity index (χ0n) is 10.1. The summed E-state index contributed by atoms with van der Waals surface area (Å²) in [5, 5.41) is 18.1. The van der Waals surface area contributed by atoms with Gasteiger partial charge < -0.3 is 0 Å². The summed E-state index contributed by atoms with van der Waals surface area (Å²) >= 11 is 9.94. The van der Waals surface area contributed by atoms with Crippen molar-refractivity contribution >= 4 is 54.6 Å². The number of hydrogen-bond acceptors (Lipinski definition) is 5. The lowest BCUT2D eigenvalue weighted by Crippen LogP contribution is -2.11. The maximum absolute atomic E-state index is 12.2. The molecule has 0 atom stereocenters. The van der Waals surface area contributed by atoms with E-state index in [1.54, 1.807) is 0 Å². The second-order valence-corrected chi connectivity index (χ2v) is 8.46. The number of sulfonamides is 1. The zero-order valence-corrected chi connectivity index (χ0v) is 14.1. The molecule has 1 aromatic carbocycles. The number of nitrogens with one attached hydrogen (secondary N) is 1. The van der Waals surface area contributed by atoms with Crippen molar-refractivity contribution in [1.29, 1.82) is 10.5 Å². The molecule has 9 heteroatoms. The predicted octanol–water partition coefficient (Wildman–Crippen LogP) is 3.71. The van der Waals surface area contributed by atoms with Gasteiger partial charge in [-0.15, -0.1) is 11.3 Å². The predicted molar refractivity (Wildman–Crippen MR) is 83.7 cm³/mol. The standard InChI is InChI=1S/C12H5BrClN3O2S2/c13-12-10(14)4-11(20-12)21(18,19)17-9-2-1-7(5-15)8(3-9)6-16/h1-4,17H. The minimum atomic E-state index is -3.80. The van der Waals surface area contributed by atoms with Crippen molar-refractivity contribution < 1.29 is 8.42 Å². The molecular formula is C12H5BrClN3O2S2. The van der Waals surface area contributed by atoms with Crippen LogP contribution in [0, 0.1) is 22.7 Å². The average molecular weight is 403 g/mol. The molecule has 1 N–H and O–H groups in total. The number of rotatable bonds is 3. The van der Waals surface area contributed by atoms with Crippen LogP contribution in [0.2, 0.25) is 5.02 Å². The first-order valence-corrected chi connectivity index (χ1v) is 8.76. The summed E-state index contributed by atoms with van der Waals surface area (Å²) < 4.78 is 27.3. The lowest BCUT2D eigenvalue weighted by atomic mass is 10.1. The second-order valence-electron chi connectivity index (χ2n) is 3.78. The fourth-order valence-electron chi connectivity index (χ4n) is 1.46. The molecule has 0 unspecified atom stereocenters. The molecule has 0 aliphatic heterocycles. The Morgan fingerprint density at radius 3 is 2.38 bits per heavy atom. The summed E-state index contributed by atoms with van der Waals surface area (Å²) in [7, 11) is -3.80. The molecule has 0 saturated heterocycles. The molecule has 2 aromatic rings. The Balaban J connectivity index is 2.38. The topological polar surface area (TPSA) is 93.8 Å². The monoisotopic (exact) mass is 401 g/mol. The Labute approximate surface area is 138 Å². The maximum Gasteiger partial charge on any atom is 0.271 e. The number of halogens is 2. The lowest BCUT2D eigenvalue weighted by molar-refractivity contribution is 0.603. The molecule has 21 heavy (non-hydrogen) atoms. The van der Waals surface area contributed by atoms with E-state index in [1.165, 1.54) is 24.3 Å². The van der Waals surface area contributed by atoms with Crippen molar-refractivity contribution in [3.8, 4) is 12.1 Å². The normalized spacial score (nSPS) is 10.7. The fraction of sp³-hybridized carbons (Fsp3) is 0. The Hall–Kier alpha value is -1.58. The Kier molecular flexibility index (Phi) is 4.55. The van der Waals surface area contributed by atoms with E-state index in [-0.39, 0.29) is 21.0 Å². The van der Waals surface area contributed by atoms with E-state index in [9.17, 15) is 8.42 Å². The van der Waals surface area contributed by atoms with Crippen LogP contribution in [0.15, 0.2) is 32.3 Å². The summed E-state index contributed by atoms with van der Waals surface area (Å²) in [4.78, 5) is 0. The molecule has 0 amide bonds. The van der Waals surface area contributed by atoms with Crippen molar-refractivity contribution in [3.05, 3.63) is 44.2 Å². The Morgan fingerprint density at radius 2 is 1.86 bits per heavy atom. The highest BCUT2D eigenvalue weighted by Crippen LogP contribution is 2.35. The van der Waals surface area contributed by atoms with Crippen LogP contribution < -0.4 is 4.72 Å². The van der Waals surface area contributed by atoms with E-state index in [0.717, 1.165) is 11.3 Å². The Bertz CT molecular complexity index is 875. The van der Waals surface area contributed by atoms with Crippen LogP contribution >= 0.6 is 38.9 Å². The van der Waals surface area contributed by atoms with E-state index in [1.807, 2.05) is 12.1 Å². The van der Waals surface area contributed by atoms with E-state index in [4.69, 9.17) is 22.1 Å².